The molecule has 1 amide bonds. The molecular weight excluding hydrogens is 250 g/mol. The molecule has 0 spiro atoms. The lowest BCUT2D eigenvalue weighted by Gasteiger charge is -2.42. The van der Waals surface area contributed by atoms with Crippen molar-refractivity contribution >= 4 is 22.4 Å². The number of amides is 1. The number of hydrogen-bond acceptors (Lipinski definition) is 6. The van der Waals surface area contributed by atoms with Gasteiger partial charge in [0.1, 0.15) is 0 Å². The maximum absolute atomic E-state index is 12.1. The molecule has 0 saturated carbocycles. The van der Waals surface area contributed by atoms with E-state index in [9.17, 15) is 4.79 Å². The largest absolute Gasteiger partial charge is 0.374 e. The number of aromatic nitrogens is 2. The van der Waals surface area contributed by atoms with Gasteiger partial charge in [-0.1, -0.05) is 11.3 Å². The molecule has 0 aromatic carbocycles. The number of rotatable bonds is 1. The van der Waals surface area contributed by atoms with Gasteiger partial charge in [0, 0.05) is 31.7 Å². The Kier molecular flexibility index (Phi) is 3.54. The molecular formula is C11H19N5OS. The van der Waals surface area contributed by atoms with E-state index in [1.165, 1.54) is 0 Å². The van der Waals surface area contributed by atoms with Crippen LogP contribution in [0.4, 0.5) is 5.13 Å². The SMILES string of the molecule is CC(C)(C)N1CCN(C(=O)c2nnc(N)s2)CC1. The minimum absolute atomic E-state index is 0.0576. The first-order chi connectivity index (χ1) is 8.38. The van der Waals surface area contributed by atoms with Gasteiger partial charge in [0.05, 0.1) is 0 Å². The number of piperazine rings is 1. The van der Waals surface area contributed by atoms with Crippen LogP contribution >= 0.6 is 11.3 Å². The molecule has 18 heavy (non-hydrogen) atoms. The molecule has 2 rings (SSSR count). The van der Waals surface area contributed by atoms with Crippen molar-refractivity contribution in [2.75, 3.05) is 31.9 Å². The van der Waals surface area contributed by atoms with Gasteiger partial charge in [-0.15, -0.1) is 10.2 Å². The van der Waals surface area contributed by atoms with Gasteiger partial charge in [-0.2, -0.15) is 0 Å². The van der Waals surface area contributed by atoms with E-state index >= 15 is 0 Å². The highest BCUT2D eigenvalue weighted by molar-refractivity contribution is 7.16. The summed E-state index contributed by atoms with van der Waals surface area (Å²) in [7, 11) is 0. The van der Waals surface area contributed by atoms with Gasteiger partial charge in [0.2, 0.25) is 10.1 Å². The zero-order chi connectivity index (χ0) is 13.3. The quantitative estimate of drug-likeness (QED) is 0.811. The maximum atomic E-state index is 12.1. The van der Waals surface area contributed by atoms with Gasteiger partial charge in [0.25, 0.3) is 5.91 Å². The first-order valence-electron chi connectivity index (χ1n) is 6.01. The number of carbonyl (C=O) groups is 1. The van der Waals surface area contributed by atoms with E-state index in [1.807, 2.05) is 4.90 Å². The van der Waals surface area contributed by atoms with Crippen LogP contribution in [0.5, 0.6) is 0 Å². The second kappa shape index (κ2) is 4.81. The fourth-order valence-electron chi connectivity index (χ4n) is 2.04. The van der Waals surface area contributed by atoms with Gasteiger partial charge in [-0.05, 0) is 20.8 Å². The lowest BCUT2D eigenvalue weighted by atomic mass is 10.1. The van der Waals surface area contributed by atoms with Crippen molar-refractivity contribution in [2.24, 2.45) is 0 Å². The summed E-state index contributed by atoms with van der Waals surface area (Å²) in [6, 6.07) is 0. The van der Waals surface area contributed by atoms with Crippen LogP contribution in [0.15, 0.2) is 0 Å². The first kappa shape index (κ1) is 13.2. The molecule has 2 N–H and O–H groups in total. The summed E-state index contributed by atoms with van der Waals surface area (Å²) in [5.41, 5.74) is 5.65. The molecule has 0 radical (unpaired) electrons. The zero-order valence-corrected chi connectivity index (χ0v) is 11.8. The Morgan fingerprint density at radius 3 is 2.28 bits per heavy atom. The molecule has 100 valence electrons. The van der Waals surface area contributed by atoms with E-state index in [2.05, 4.69) is 35.9 Å². The number of nitrogen functional groups attached to an aromatic ring is 1. The van der Waals surface area contributed by atoms with Crippen molar-refractivity contribution in [3.8, 4) is 0 Å². The smallest absolute Gasteiger partial charge is 0.284 e. The fourth-order valence-corrected chi connectivity index (χ4v) is 2.61. The van der Waals surface area contributed by atoms with Crippen LogP contribution in [0.3, 0.4) is 0 Å². The number of nitrogens with zero attached hydrogens (tertiary/aromatic N) is 4. The summed E-state index contributed by atoms with van der Waals surface area (Å²) in [5.74, 6) is -0.0576. The highest BCUT2D eigenvalue weighted by Gasteiger charge is 2.29. The van der Waals surface area contributed by atoms with Crippen molar-refractivity contribution in [3.05, 3.63) is 5.01 Å². The predicted octanol–water partition coefficient (Wildman–Crippen LogP) is 0.677. The molecule has 0 atom stereocenters. The summed E-state index contributed by atoms with van der Waals surface area (Å²) >= 11 is 1.15. The third-order valence-electron chi connectivity index (χ3n) is 3.14. The summed E-state index contributed by atoms with van der Waals surface area (Å²) in [6.07, 6.45) is 0. The Morgan fingerprint density at radius 2 is 1.83 bits per heavy atom. The van der Waals surface area contributed by atoms with Crippen LogP contribution in [0, 0.1) is 0 Å². The molecule has 0 unspecified atom stereocenters. The summed E-state index contributed by atoms with van der Waals surface area (Å²) in [6.45, 7) is 9.82. The summed E-state index contributed by atoms with van der Waals surface area (Å²) in [4.78, 5) is 16.3. The molecule has 1 fully saturated rings. The Labute approximate surface area is 111 Å². The average molecular weight is 269 g/mol. The van der Waals surface area contributed by atoms with Gasteiger partial charge in [0.15, 0.2) is 0 Å². The van der Waals surface area contributed by atoms with Crippen LogP contribution in [0.1, 0.15) is 30.6 Å². The first-order valence-corrected chi connectivity index (χ1v) is 6.83. The van der Waals surface area contributed by atoms with E-state index in [4.69, 9.17) is 5.73 Å². The fraction of sp³-hybridized carbons (Fsp3) is 0.727. The molecule has 6 nitrogen and oxygen atoms in total. The predicted molar refractivity (Wildman–Crippen MR) is 71.6 cm³/mol. The van der Waals surface area contributed by atoms with E-state index in [0.717, 1.165) is 37.5 Å². The van der Waals surface area contributed by atoms with Crippen molar-refractivity contribution < 1.29 is 4.79 Å². The number of hydrogen-bond donors (Lipinski definition) is 1. The molecule has 1 aliphatic heterocycles. The molecule has 7 heteroatoms. The normalized spacial score (nSPS) is 18.1. The Bertz CT molecular complexity index is 431. The standard InChI is InChI=1S/C11H19N5OS/c1-11(2,3)16-6-4-15(5-7-16)9(17)8-13-14-10(12)18-8/h4-7H2,1-3H3,(H2,12,14). The van der Waals surface area contributed by atoms with Crippen molar-refractivity contribution in [2.45, 2.75) is 26.3 Å². The lowest BCUT2D eigenvalue weighted by molar-refractivity contribution is 0.0450. The molecule has 0 bridgehead atoms. The topological polar surface area (TPSA) is 75.3 Å². The minimum atomic E-state index is -0.0576. The zero-order valence-electron chi connectivity index (χ0n) is 11.0. The number of nitrogens with two attached hydrogens (primary N) is 1. The maximum Gasteiger partial charge on any atom is 0.284 e. The molecule has 1 aromatic heterocycles. The molecule has 0 aliphatic carbocycles. The van der Waals surface area contributed by atoms with Gasteiger partial charge in [-0.3, -0.25) is 9.69 Å². The van der Waals surface area contributed by atoms with E-state index in [-0.39, 0.29) is 11.4 Å². The molecule has 1 saturated heterocycles. The lowest BCUT2D eigenvalue weighted by Crippen LogP contribution is -2.54. The second-order valence-electron chi connectivity index (χ2n) is 5.40. The molecule has 1 aliphatic rings. The highest BCUT2D eigenvalue weighted by atomic mass is 32.1. The average Bonchev–Trinajstić information content (AvgIpc) is 2.74. The number of carbonyl (C=O) groups excluding carboxylic acids is 1. The van der Waals surface area contributed by atoms with E-state index in [1.54, 1.807) is 0 Å². The van der Waals surface area contributed by atoms with Crippen LogP contribution in [0.25, 0.3) is 0 Å². The van der Waals surface area contributed by atoms with Crippen LogP contribution in [-0.4, -0.2) is 57.6 Å². The Morgan fingerprint density at radius 1 is 1.22 bits per heavy atom. The number of anilines is 1. The molecule has 1 aromatic rings. The third-order valence-corrected chi connectivity index (χ3v) is 3.88. The van der Waals surface area contributed by atoms with Crippen molar-refractivity contribution in [1.82, 2.24) is 20.0 Å². The Hall–Kier alpha value is -1.21. The van der Waals surface area contributed by atoms with Gasteiger partial charge >= 0.3 is 0 Å². The summed E-state index contributed by atoms with van der Waals surface area (Å²) < 4.78 is 0. The van der Waals surface area contributed by atoms with Crippen molar-refractivity contribution in [3.63, 3.8) is 0 Å². The summed E-state index contributed by atoms with van der Waals surface area (Å²) in [5, 5.41) is 8.20. The van der Waals surface area contributed by atoms with Gasteiger partial charge in [-0.25, -0.2) is 0 Å². The second-order valence-corrected chi connectivity index (χ2v) is 6.40. The third kappa shape index (κ3) is 2.78. The van der Waals surface area contributed by atoms with Crippen LogP contribution in [0.2, 0.25) is 0 Å². The van der Waals surface area contributed by atoms with E-state index < -0.39 is 0 Å². The highest BCUT2D eigenvalue weighted by Crippen LogP contribution is 2.18. The molecule has 2 heterocycles. The monoisotopic (exact) mass is 269 g/mol. The minimum Gasteiger partial charge on any atom is -0.374 e. The Balaban J connectivity index is 1.96. The van der Waals surface area contributed by atoms with Crippen LogP contribution < -0.4 is 5.73 Å². The van der Waals surface area contributed by atoms with Crippen molar-refractivity contribution in [1.29, 1.82) is 0 Å². The van der Waals surface area contributed by atoms with E-state index in [0.29, 0.717) is 10.1 Å². The van der Waals surface area contributed by atoms with Gasteiger partial charge < -0.3 is 10.6 Å². The van der Waals surface area contributed by atoms with Crippen LogP contribution in [-0.2, 0) is 0 Å².